The van der Waals surface area contributed by atoms with Crippen molar-refractivity contribution in [3.8, 4) is 0 Å². The van der Waals surface area contributed by atoms with Crippen LogP contribution in [0.3, 0.4) is 0 Å². The van der Waals surface area contributed by atoms with Crippen molar-refractivity contribution in [2.24, 2.45) is 5.41 Å². The lowest BCUT2D eigenvalue weighted by molar-refractivity contribution is -0.167. The predicted octanol–water partition coefficient (Wildman–Crippen LogP) is 4.47. The first-order valence-electron chi connectivity index (χ1n) is 10.2. The third kappa shape index (κ3) is 6.15. The topological polar surface area (TPSA) is 93.7 Å². The fraction of sp³-hybridized carbons (Fsp3) is 0.333. The van der Waals surface area contributed by atoms with Gasteiger partial charge in [-0.2, -0.15) is 0 Å². The minimum atomic E-state index is -1.03. The number of halogens is 2. The van der Waals surface area contributed by atoms with Crippen LogP contribution in [0.25, 0.3) is 0 Å². The zero-order valence-corrected chi connectivity index (χ0v) is 19.9. The summed E-state index contributed by atoms with van der Waals surface area (Å²) in [6.45, 7) is 4.73. The van der Waals surface area contributed by atoms with Gasteiger partial charge in [0.15, 0.2) is 13.0 Å². The van der Waals surface area contributed by atoms with Gasteiger partial charge < -0.3 is 20.1 Å². The van der Waals surface area contributed by atoms with Crippen molar-refractivity contribution in [2.75, 3.05) is 12.1 Å². The van der Waals surface area contributed by atoms with Crippen LogP contribution < -0.4 is 10.6 Å². The molecule has 2 aromatic rings. The Labute approximate surface area is 202 Å². The Hall–Kier alpha value is -2.83. The molecule has 7 nitrogen and oxygen atoms in total. The van der Waals surface area contributed by atoms with Crippen molar-refractivity contribution in [3.63, 3.8) is 0 Å². The average Bonchev–Trinajstić information content (AvgIpc) is 2.73. The Morgan fingerprint density at radius 1 is 1.15 bits per heavy atom. The predicted molar refractivity (Wildman–Crippen MR) is 126 cm³/mol. The van der Waals surface area contributed by atoms with Crippen LogP contribution in [0.5, 0.6) is 0 Å². The highest BCUT2D eigenvalue weighted by Crippen LogP contribution is 2.42. The van der Waals surface area contributed by atoms with E-state index in [1.165, 1.54) is 6.07 Å². The summed E-state index contributed by atoms with van der Waals surface area (Å²) < 4.78 is 10.8. The summed E-state index contributed by atoms with van der Waals surface area (Å²) in [7, 11) is 0. The number of nitrogens with one attached hydrogen (secondary N) is 2. The fourth-order valence-electron chi connectivity index (χ4n) is 3.28. The molecular weight excluding hydrogens is 467 g/mol. The van der Waals surface area contributed by atoms with Gasteiger partial charge in [0.05, 0.1) is 23.5 Å². The smallest absolute Gasteiger partial charge is 0.313 e. The van der Waals surface area contributed by atoms with Crippen LogP contribution in [0.4, 0.5) is 5.69 Å². The zero-order valence-electron chi connectivity index (χ0n) is 18.4. The third-order valence-corrected chi connectivity index (χ3v) is 5.46. The molecule has 1 amide bonds. The van der Waals surface area contributed by atoms with Gasteiger partial charge in [-0.15, -0.1) is 0 Å². The van der Waals surface area contributed by atoms with Crippen LogP contribution in [-0.2, 0) is 30.3 Å². The Kier molecular flexibility index (Phi) is 7.82. The molecule has 0 fully saturated rings. The highest BCUT2D eigenvalue weighted by molar-refractivity contribution is 6.35. The maximum Gasteiger partial charge on any atom is 0.313 e. The van der Waals surface area contributed by atoms with Crippen LogP contribution >= 0.6 is 23.2 Å². The Balaban J connectivity index is 1.85. The molecule has 174 valence electrons. The third-order valence-electron chi connectivity index (χ3n) is 4.93. The molecular formula is C24H24Cl2N2O5. The molecule has 0 saturated heterocycles. The van der Waals surface area contributed by atoms with Crippen molar-refractivity contribution < 1.29 is 23.9 Å². The largest absolute Gasteiger partial charge is 0.438 e. The van der Waals surface area contributed by atoms with Crippen molar-refractivity contribution in [2.45, 2.75) is 39.5 Å². The van der Waals surface area contributed by atoms with Crippen molar-refractivity contribution >= 4 is 46.7 Å². The molecule has 1 aliphatic rings. The molecule has 2 atom stereocenters. The van der Waals surface area contributed by atoms with Gasteiger partial charge in [-0.1, -0.05) is 53.5 Å². The molecule has 0 aromatic heterocycles. The van der Waals surface area contributed by atoms with Gasteiger partial charge in [0.25, 0.3) is 0 Å². The molecule has 0 spiro atoms. The highest BCUT2D eigenvalue weighted by atomic mass is 35.5. The van der Waals surface area contributed by atoms with E-state index in [-0.39, 0.29) is 22.9 Å². The minimum Gasteiger partial charge on any atom is -0.438 e. The van der Waals surface area contributed by atoms with Crippen molar-refractivity contribution in [1.82, 2.24) is 5.32 Å². The lowest BCUT2D eigenvalue weighted by atomic mass is 9.92. The molecule has 1 aliphatic heterocycles. The highest BCUT2D eigenvalue weighted by Gasteiger charge is 2.37. The lowest BCUT2D eigenvalue weighted by Gasteiger charge is -2.34. The van der Waals surface area contributed by atoms with E-state index in [1.807, 2.05) is 36.3 Å². The normalized spacial score (nSPS) is 17.4. The van der Waals surface area contributed by atoms with Gasteiger partial charge in [-0.25, -0.2) is 4.79 Å². The van der Waals surface area contributed by atoms with E-state index in [0.717, 1.165) is 5.56 Å². The first-order valence-corrected chi connectivity index (χ1v) is 11.0. The quantitative estimate of drug-likeness (QED) is 0.352. The molecule has 2 unspecified atom stereocenters. The SMILES string of the molecule is CC(C)(C)C(=O)OCOC1Nc2cc(Cl)cc(Cl)c2C(NC(=O)Cc2ccccc2)C1=C=O. The summed E-state index contributed by atoms with van der Waals surface area (Å²) in [4.78, 5) is 36.8. The molecule has 0 radical (unpaired) electrons. The van der Waals surface area contributed by atoms with E-state index < -0.39 is 30.4 Å². The first kappa shape index (κ1) is 24.8. The molecule has 3 rings (SSSR count). The molecule has 2 aromatic carbocycles. The van der Waals surface area contributed by atoms with E-state index in [9.17, 15) is 14.4 Å². The van der Waals surface area contributed by atoms with E-state index in [2.05, 4.69) is 10.6 Å². The second-order valence-corrected chi connectivity index (χ2v) is 9.40. The number of hydrogen-bond donors (Lipinski definition) is 2. The summed E-state index contributed by atoms with van der Waals surface area (Å²) in [5, 5.41) is 6.48. The summed E-state index contributed by atoms with van der Waals surface area (Å²) >= 11 is 12.6. The second-order valence-electron chi connectivity index (χ2n) is 8.56. The lowest BCUT2D eigenvalue weighted by Crippen LogP contribution is -2.42. The van der Waals surface area contributed by atoms with E-state index in [1.54, 1.807) is 26.8 Å². The standard InChI is InChI=1S/C24H24Cl2N2O5/c1-24(2,3)23(31)33-13-32-22-16(12-29)21(20-17(26)10-15(25)11-18(20)27-22)28-19(30)9-14-7-5-4-6-8-14/h4-8,10-11,21-22,27H,9,13H2,1-3H3,(H,28,30). The number of esters is 1. The zero-order chi connectivity index (χ0) is 24.2. The van der Waals surface area contributed by atoms with Gasteiger partial charge in [0, 0.05) is 21.3 Å². The number of amides is 1. The number of carbonyl (C=O) groups excluding carboxylic acids is 3. The fourth-order valence-corrected chi connectivity index (χ4v) is 3.89. The van der Waals surface area contributed by atoms with E-state index in [0.29, 0.717) is 16.3 Å². The van der Waals surface area contributed by atoms with Crippen LogP contribution in [0.15, 0.2) is 48.0 Å². The summed E-state index contributed by atoms with van der Waals surface area (Å²) in [5.41, 5.74) is 1.09. The van der Waals surface area contributed by atoms with Crippen LogP contribution in [0.1, 0.15) is 37.9 Å². The molecule has 9 heteroatoms. The van der Waals surface area contributed by atoms with Gasteiger partial charge in [0.2, 0.25) is 5.91 Å². The molecule has 0 bridgehead atoms. The average molecular weight is 491 g/mol. The van der Waals surface area contributed by atoms with E-state index in [4.69, 9.17) is 32.7 Å². The molecule has 2 N–H and O–H groups in total. The van der Waals surface area contributed by atoms with Crippen LogP contribution in [0.2, 0.25) is 10.0 Å². The number of ether oxygens (including phenoxy) is 2. The van der Waals surface area contributed by atoms with Gasteiger partial charge in [-0.3, -0.25) is 9.59 Å². The Morgan fingerprint density at radius 3 is 2.48 bits per heavy atom. The summed E-state index contributed by atoms with van der Waals surface area (Å²) in [5.74, 6) is 1.07. The number of rotatable bonds is 6. The van der Waals surface area contributed by atoms with Gasteiger partial charge in [0.1, 0.15) is 5.94 Å². The number of benzene rings is 2. The molecule has 0 aliphatic carbocycles. The monoisotopic (exact) mass is 490 g/mol. The molecule has 0 saturated carbocycles. The number of anilines is 1. The molecule has 1 heterocycles. The number of carbonyl (C=O) groups is 2. The maximum absolute atomic E-state index is 12.8. The van der Waals surface area contributed by atoms with E-state index >= 15 is 0 Å². The van der Waals surface area contributed by atoms with Crippen molar-refractivity contribution in [1.29, 1.82) is 0 Å². The van der Waals surface area contributed by atoms with Crippen LogP contribution in [-0.4, -0.2) is 30.8 Å². The van der Waals surface area contributed by atoms with Gasteiger partial charge >= 0.3 is 5.97 Å². The second kappa shape index (κ2) is 10.4. The molecule has 33 heavy (non-hydrogen) atoms. The number of hydrogen-bond acceptors (Lipinski definition) is 6. The van der Waals surface area contributed by atoms with Gasteiger partial charge in [-0.05, 0) is 38.5 Å². The first-order chi connectivity index (χ1) is 15.6. The van der Waals surface area contributed by atoms with Crippen molar-refractivity contribution in [3.05, 3.63) is 69.2 Å². The van der Waals surface area contributed by atoms with Crippen LogP contribution in [0, 0.1) is 5.41 Å². The number of fused-ring (bicyclic) bond motifs is 1. The minimum absolute atomic E-state index is 0.0555. The summed E-state index contributed by atoms with van der Waals surface area (Å²) in [6.07, 6.45) is -0.925. The Morgan fingerprint density at radius 2 is 1.85 bits per heavy atom. The maximum atomic E-state index is 12.8. The Bertz CT molecular complexity index is 1090. The summed E-state index contributed by atoms with van der Waals surface area (Å²) in [6, 6.07) is 11.4.